The summed E-state index contributed by atoms with van der Waals surface area (Å²) in [5.74, 6) is -15.8. The summed E-state index contributed by atoms with van der Waals surface area (Å²) in [6.45, 7) is 0.286. The van der Waals surface area contributed by atoms with Crippen LogP contribution in [-0.2, 0) is 21.3 Å². The third-order valence-corrected chi connectivity index (χ3v) is 5.42. The first-order chi connectivity index (χ1) is 13.9. The number of alkyl halides is 9. The van der Waals surface area contributed by atoms with Gasteiger partial charge in [-0.25, -0.2) is 0 Å². The molecule has 0 bridgehead atoms. The van der Waals surface area contributed by atoms with E-state index < -0.39 is 45.2 Å². The van der Waals surface area contributed by atoms with Crippen LogP contribution in [0.15, 0.2) is 24.3 Å². The number of morpholine rings is 1. The molecule has 1 aliphatic heterocycles. The van der Waals surface area contributed by atoms with E-state index in [9.17, 15) is 53.1 Å². The summed E-state index contributed by atoms with van der Waals surface area (Å²) in [5.41, 5.74) is 0.366. The molecule has 0 aliphatic carbocycles. The Kier molecular flexibility index (Phi) is 6.81. The lowest BCUT2D eigenvalue weighted by atomic mass is 10.1. The standard InChI is InChI=1S/C15H13F9NO5S/c16-12(17,14(20,21)22)13(18,19)15(23,24)31(27,28)30-10-3-1-9(2-4-10)7-11-8-25(26)5-6-29-11/h1-4,11H,5-8H2/q-1. The highest BCUT2D eigenvalue weighted by atomic mass is 32.2. The van der Waals surface area contributed by atoms with Crippen molar-refractivity contribution in [1.29, 1.82) is 0 Å². The molecule has 1 heterocycles. The minimum Gasteiger partial charge on any atom is -0.785 e. The average Bonchev–Trinajstić information content (AvgIpc) is 2.61. The van der Waals surface area contributed by atoms with Crippen molar-refractivity contribution in [3.8, 4) is 5.75 Å². The Morgan fingerprint density at radius 2 is 1.55 bits per heavy atom. The molecule has 1 unspecified atom stereocenters. The Balaban J connectivity index is 2.19. The van der Waals surface area contributed by atoms with Gasteiger partial charge in [0.25, 0.3) is 0 Å². The van der Waals surface area contributed by atoms with E-state index in [-0.39, 0.29) is 26.1 Å². The van der Waals surface area contributed by atoms with Gasteiger partial charge in [-0.1, -0.05) is 12.1 Å². The molecule has 0 aromatic heterocycles. The van der Waals surface area contributed by atoms with Crippen molar-refractivity contribution in [3.63, 3.8) is 0 Å². The maximum atomic E-state index is 13.6. The van der Waals surface area contributed by atoms with E-state index in [1.807, 2.05) is 0 Å². The molecule has 0 radical (unpaired) electrons. The van der Waals surface area contributed by atoms with Gasteiger partial charge in [0.15, 0.2) is 0 Å². The largest absolute Gasteiger partial charge is 0.785 e. The SMILES string of the molecule is O=S(=O)(Oc1ccc(CC2CN([O-])CCO2)cc1)C(F)(F)C(F)(F)C(F)(F)C(F)(F)F. The highest BCUT2D eigenvalue weighted by Gasteiger charge is 2.86. The van der Waals surface area contributed by atoms with Crippen LogP contribution < -0.4 is 4.18 Å². The molecule has 31 heavy (non-hydrogen) atoms. The molecule has 178 valence electrons. The number of benzene rings is 1. The third kappa shape index (κ3) is 4.85. The second kappa shape index (κ2) is 8.29. The third-order valence-electron chi connectivity index (χ3n) is 4.12. The number of hydrogen-bond donors (Lipinski definition) is 0. The van der Waals surface area contributed by atoms with Gasteiger partial charge in [-0.15, -0.1) is 0 Å². The molecule has 1 aliphatic rings. The fourth-order valence-corrected chi connectivity index (χ4v) is 3.37. The zero-order valence-electron chi connectivity index (χ0n) is 15.0. The van der Waals surface area contributed by atoms with Crippen LogP contribution in [0.25, 0.3) is 0 Å². The predicted octanol–water partition coefficient (Wildman–Crippen LogP) is 3.56. The molecule has 1 aromatic carbocycles. The lowest BCUT2D eigenvalue weighted by Crippen LogP contribution is -2.63. The summed E-state index contributed by atoms with van der Waals surface area (Å²) in [5, 5.41) is 5.06. The van der Waals surface area contributed by atoms with Crippen molar-refractivity contribution in [2.75, 3.05) is 19.7 Å². The number of hydrogen-bond acceptors (Lipinski definition) is 6. The number of halogens is 9. The molecule has 0 spiro atoms. The first-order valence-electron chi connectivity index (χ1n) is 8.19. The molecule has 0 N–H and O–H groups in total. The van der Waals surface area contributed by atoms with E-state index in [2.05, 4.69) is 4.18 Å². The van der Waals surface area contributed by atoms with Gasteiger partial charge >= 0.3 is 33.4 Å². The van der Waals surface area contributed by atoms with E-state index in [4.69, 9.17) is 4.74 Å². The van der Waals surface area contributed by atoms with Gasteiger partial charge < -0.3 is 19.2 Å². The summed E-state index contributed by atoms with van der Waals surface area (Å²) < 4.78 is 148. The van der Waals surface area contributed by atoms with Crippen molar-refractivity contribution >= 4 is 10.1 Å². The highest BCUT2D eigenvalue weighted by molar-refractivity contribution is 7.88. The van der Waals surface area contributed by atoms with E-state index in [1.165, 1.54) is 0 Å². The maximum absolute atomic E-state index is 13.6. The van der Waals surface area contributed by atoms with Crippen LogP contribution in [0, 0.1) is 5.21 Å². The van der Waals surface area contributed by atoms with E-state index in [0.717, 1.165) is 17.2 Å². The van der Waals surface area contributed by atoms with Crippen molar-refractivity contribution in [2.45, 2.75) is 35.8 Å². The topological polar surface area (TPSA) is 78.9 Å². The van der Waals surface area contributed by atoms with Gasteiger partial charge in [-0.05, 0) is 24.1 Å². The first kappa shape index (κ1) is 25.5. The van der Waals surface area contributed by atoms with Crippen LogP contribution >= 0.6 is 0 Å². The normalized spacial score (nSPS) is 20.0. The molecule has 1 aromatic rings. The van der Waals surface area contributed by atoms with Crippen molar-refractivity contribution < 1.29 is 56.9 Å². The van der Waals surface area contributed by atoms with Crippen LogP contribution in [-0.4, -0.2) is 62.6 Å². The predicted molar refractivity (Wildman–Crippen MR) is 85.3 cm³/mol. The minimum atomic E-state index is -7.38. The van der Waals surface area contributed by atoms with Crippen LogP contribution in [0.4, 0.5) is 39.5 Å². The summed E-state index contributed by atoms with van der Waals surface area (Å²) in [4.78, 5) is 0. The summed E-state index contributed by atoms with van der Waals surface area (Å²) in [6, 6.07) is 3.50. The molecule has 0 amide bonds. The van der Waals surface area contributed by atoms with Crippen LogP contribution in [0.3, 0.4) is 0 Å². The number of hydroxylamine groups is 2. The van der Waals surface area contributed by atoms with E-state index >= 15 is 0 Å². The van der Waals surface area contributed by atoms with Crippen LogP contribution in [0.1, 0.15) is 5.56 Å². The number of ether oxygens (including phenoxy) is 1. The second-order valence-corrected chi connectivity index (χ2v) is 8.02. The fourth-order valence-electron chi connectivity index (χ4n) is 2.46. The van der Waals surface area contributed by atoms with Gasteiger partial charge in [0.2, 0.25) is 0 Å². The Labute approximate surface area is 169 Å². The van der Waals surface area contributed by atoms with Crippen molar-refractivity contribution in [2.24, 2.45) is 0 Å². The van der Waals surface area contributed by atoms with Gasteiger partial charge in [-0.2, -0.15) is 47.9 Å². The first-order valence-corrected chi connectivity index (χ1v) is 9.60. The molecule has 16 heteroatoms. The number of rotatable bonds is 7. The van der Waals surface area contributed by atoms with Crippen molar-refractivity contribution in [1.82, 2.24) is 5.06 Å². The maximum Gasteiger partial charge on any atom is 0.460 e. The monoisotopic (exact) mass is 490 g/mol. The zero-order chi connectivity index (χ0) is 23.9. The Morgan fingerprint density at radius 1 is 1.00 bits per heavy atom. The molecule has 1 saturated heterocycles. The van der Waals surface area contributed by atoms with Gasteiger partial charge in [-0.3, -0.25) is 0 Å². The lowest BCUT2D eigenvalue weighted by molar-refractivity contribution is -0.382. The Hall–Kier alpha value is -1.78. The van der Waals surface area contributed by atoms with Crippen molar-refractivity contribution in [3.05, 3.63) is 35.0 Å². The summed E-state index contributed by atoms with van der Waals surface area (Å²) in [7, 11) is -7.00. The summed E-state index contributed by atoms with van der Waals surface area (Å²) >= 11 is 0. The second-order valence-electron chi connectivity index (χ2n) is 6.43. The van der Waals surface area contributed by atoms with Crippen LogP contribution in [0.5, 0.6) is 5.75 Å². The van der Waals surface area contributed by atoms with Gasteiger partial charge in [0, 0.05) is 13.1 Å². The van der Waals surface area contributed by atoms with Gasteiger partial charge in [0.05, 0.1) is 12.7 Å². The molecule has 1 atom stereocenters. The quantitative estimate of drug-likeness (QED) is 0.430. The van der Waals surface area contributed by atoms with Crippen LogP contribution in [0.2, 0.25) is 0 Å². The molecule has 1 fully saturated rings. The Bertz CT molecular complexity index is 874. The molecular formula is C15H13F9NO5S-. The fraction of sp³-hybridized carbons (Fsp3) is 0.600. The molecule has 2 rings (SSSR count). The van der Waals surface area contributed by atoms with Gasteiger partial charge in [0.1, 0.15) is 5.75 Å². The number of nitrogens with zero attached hydrogens (tertiary/aromatic N) is 1. The van der Waals surface area contributed by atoms with E-state index in [1.54, 1.807) is 0 Å². The lowest BCUT2D eigenvalue weighted by Gasteiger charge is -2.37. The molecule has 0 saturated carbocycles. The summed E-state index contributed by atoms with van der Waals surface area (Å²) in [6.07, 6.45) is -7.62. The Morgan fingerprint density at radius 3 is 2.03 bits per heavy atom. The highest BCUT2D eigenvalue weighted by Crippen LogP contribution is 2.54. The zero-order valence-corrected chi connectivity index (χ0v) is 15.8. The van der Waals surface area contributed by atoms with E-state index in [0.29, 0.717) is 17.7 Å². The molecule has 6 nitrogen and oxygen atoms in total. The minimum absolute atomic E-state index is 0.00134. The molecular weight excluding hydrogens is 477 g/mol. The smallest absolute Gasteiger partial charge is 0.460 e. The average molecular weight is 490 g/mol.